The normalized spacial score (nSPS) is 28.5. The highest BCUT2D eigenvalue weighted by Crippen LogP contribution is 2.57. The van der Waals surface area contributed by atoms with E-state index in [0.29, 0.717) is 0 Å². The molecule has 0 aliphatic heterocycles. The van der Waals surface area contributed by atoms with Crippen molar-refractivity contribution in [2.75, 3.05) is 0 Å². The van der Waals surface area contributed by atoms with E-state index in [1.165, 1.54) is 0 Å². The maximum absolute atomic E-state index is 11.4. The predicted molar refractivity (Wildman–Crippen MR) is 104 cm³/mol. The molecule has 0 unspecified atom stereocenters. The van der Waals surface area contributed by atoms with E-state index >= 15 is 0 Å². The summed E-state index contributed by atoms with van der Waals surface area (Å²) in [7, 11) is -36.1. The molecule has 1 saturated carbocycles. The maximum Gasteiger partial charge on any atom is 0.470 e. The molecule has 0 aromatic carbocycles. The van der Waals surface area contributed by atoms with Crippen LogP contribution in [0.3, 0.4) is 0 Å². The third-order valence-electron chi connectivity index (χ3n) is 3.50. The van der Waals surface area contributed by atoms with Crippen molar-refractivity contribution < 1.29 is 118 Å². The van der Waals surface area contributed by atoms with Gasteiger partial charge in [-0.1, -0.05) is 0 Å². The van der Waals surface area contributed by atoms with Gasteiger partial charge in [0.2, 0.25) is 0 Å². The monoisotopic (exact) mass is 680 g/mol. The minimum absolute atomic E-state index is 0. The summed E-state index contributed by atoms with van der Waals surface area (Å²) in [5.74, 6) is 0. The van der Waals surface area contributed by atoms with Crippen LogP contribution in [0.4, 0.5) is 4.70 Å². The first kappa shape index (κ1) is 37.6. The van der Waals surface area contributed by atoms with E-state index in [1.54, 1.807) is 0 Å². The number of phosphoric acid groups is 6. The molecule has 0 aromatic heterocycles. The minimum atomic E-state index is -6.02. The second-order valence-corrected chi connectivity index (χ2v) is 13.5. The Kier molecular flexibility index (Phi) is 12.8. The molecule has 0 bridgehead atoms. The highest BCUT2D eigenvalue weighted by molar-refractivity contribution is 7.47. The van der Waals surface area contributed by atoms with Crippen molar-refractivity contribution in [2.24, 2.45) is 0 Å². The van der Waals surface area contributed by atoms with Crippen LogP contribution in [-0.4, -0.2) is 95.3 Å². The van der Waals surface area contributed by atoms with Crippen LogP contribution in [0.5, 0.6) is 0 Å². The van der Waals surface area contributed by atoms with Crippen molar-refractivity contribution >= 4 is 46.9 Å². The first-order valence-electron chi connectivity index (χ1n) is 8.01. The Bertz CT molecular complexity index is 824. The molecule has 0 aromatic rings. The van der Waals surface area contributed by atoms with Gasteiger partial charge < -0.3 is 58.7 Å². The Morgan fingerprint density at radius 2 is 0.378 bits per heavy atom. The van der Waals surface area contributed by atoms with Crippen LogP contribution in [0.2, 0.25) is 0 Å². The van der Waals surface area contributed by atoms with Gasteiger partial charge in [0.1, 0.15) is 36.6 Å². The molecule has 12 N–H and O–H groups in total. The van der Waals surface area contributed by atoms with Crippen LogP contribution in [-0.2, 0) is 54.5 Å². The van der Waals surface area contributed by atoms with Gasteiger partial charge in [-0.05, 0) is 0 Å². The summed E-state index contributed by atoms with van der Waals surface area (Å²) < 4.78 is 93.1. The third kappa shape index (κ3) is 14.7. The molecule has 1 aliphatic rings. The van der Waals surface area contributed by atoms with E-state index in [4.69, 9.17) is 58.7 Å². The van der Waals surface area contributed by atoms with Gasteiger partial charge in [-0.3, -0.25) is 31.8 Å². The molecule has 0 radical (unpaired) electrons. The summed E-state index contributed by atoms with van der Waals surface area (Å²) in [4.78, 5) is 110. The predicted octanol–water partition coefficient (Wildman–Crippen LogP) is -2.98. The number of hydrogen-bond acceptors (Lipinski definition) is 12. The fourth-order valence-electron chi connectivity index (χ4n) is 2.79. The Labute approximate surface area is 202 Å². The Morgan fingerprint density at radius 3 is 0.432 bits per heavy atom. The topological polar surface area (TPSA) is 401 Å². The zero-order chi connectivity index (χ0) is 28.7. The van der Waals surface area contributed by atoms with Gasteiger partial charge in [0.25, 0.3) is 0 Å². The van der Waals surface area contributed by atoms with Gasteiger partial charge in [-0.25, -0.2) is 27.4 Å². The van der Waals surface area contributed by atoms with Gasteiger partial charge >= 0.3 is 46.9 Å². The quantitative estimate of drug-likeness (QED) is 0.0915. The van der Waals surface area contributed by atoms with Crippen molar-refractivity contribution in [3.8, 4) is 0 Å². The number of halogens is 1. The summed E-state index contributed by atoms with van der Waals surface area (Å²) in [5, 5.41) is 0. The van der Waals surface area contributed by atoms with Crippen LogP contribution < -0.4 is 0 Å². The molecule has 0 amide bonds. The Morgan fingerprint density at radius 1 is 0.297 bits per heavy atom. The molecule has 0 spiro atoms. The smallest absolute Gasteiger partial charge is 0.303 e. The van der Waals surface area contributed by atoms with E-state index in [1.807, 2.05) is 0 Å². The maximum atomic E-state index is 11.4. The van der Waals surface area contributed by atoms with Crippen molar-refractivity contribution in [3.05, 3.63) is 0 Å². The lowest BCUT2D eigenvalue weighted by molar-refractivity contribution is -0.202. The third-order valence-corrected chi connectivity index (χ3v) is 6.61. The Hall–Kier alpha value is 0.590. The molecular formula is C6H19FO24P6. The molecule has 1 aliphatic carbocycles. The molecule has 0 atom stereocenters. The summed E-state index contributed by atoms with van der Waals surface area (Å²) in [6.45, 7) is 0. The summed E-state index contributed by atoms with van der Waals surface area (Å²) >= 11 is 0. The van der Waals surface area contributed by atoms with Crippen LogP contribution in [0.25, 0.3) is 0 Å². The molecule has 1 rings (SSSR count). The highest BCUT2D eigenvalue weighted by Gasteiger charge is 2.62. The van der Waals surface area contributed by atoms with Crippen molar-refractivity contribution in [2.45, 2.75) is 36.6 Å². The molecule has 24 nitrogen and oxygen atoms in total. The van der Waals surface area contributed by atoms with E-state index < -0.39 is 83.6 Å². The number of hydrogen-bond donors (Lipinski definition) is 12. The van der Waals surface area contributed by atoms with Crippen molar-refractivity contribution in [1.29, 1.82) is 0 Å². The second-order valence-electron chi connectivity index (χ2n) is 6.36. The lowest BCUT2D eigenvalue weighted by atomic mass is 9.85. The second kappa shape index (κ2) is 12.6. The van der Waals surface area contributed by atoms with Crippen LogP contribution in [0, 0.1) is 0 Å². The summed E-state index contributed by atoms with van der Waals surface area (Å²) in [5.41, 5.74) is 0. The lowest BCUT2D eigenvalue weighted by Gasteiger charge is -2.48. The zero-order valence-electron chi connectivity index (χ0n) is 16.8. The minimum Gasteiger partial charge on any atom is -0.303 e. The standard InChI is InChI=1S/C6H18O24P6.FH/c7-31(8,9)25-1-2(26-32(10,11)12)4(28-34(16,17)18)6(30-36(22,23)24)5(29-35(19,20)21)3(1)27-33(13,14)15;/h1-6H,(H2,7,8,9)(H2,10,11,12)(H2,13,14,15)(H2,16,17,18)(H2,19,20,21)(H2,22,23,24);1H. The van der Waals surface area contributed by atoms with Crippen molar-refractivity contribution in [1.82, 2.24) is 0 Å². The fourth-order valence-corrected chi connectivity index (χ4v) is 6.14. The average molecular weight is 680 g/mol. The fraction of sp³-hybridized carbons (Fsp3) is 1.00. The van der Waals surface area contributed by atoms with Crippen molar-refractivity contribution in [3.63, 3.8) is 0 Å². The lowest BCUT2D eigenvalue weighted by Crippen LogP contribution is -2.66. The molecule has 31 heteroatoms. The van der Waals surface area contributed by atoms with Gasteiger partial charge in [-0.15, -0.1) is 0 Å². The van der Waals surface area contributed by atoms with Crippen LogP contribution in [0.1, 0.15) is 0 Å². The largest absolute Gasteiger partial charge is 0.470 e. The molecule has 1 fully saturated rings. The first-order valence-corrected chi connectivity index (χ1v) is 17.2. The highest BCUT2D eigenvalue weighted by atomic mass is 31.2. The van der Waals surface area contributed by atoms with E-state index in [2.05, 4.69) is 27.1 Å². The number of phosphoric ester groups is 6. The Balaban J connectivity index is 0.0000130. The van der Waals surface area contributed by atoms with E-state index in [0.717, 1.165) is 0 Å². The summed E-state index contributed by atoms with van der Waals surface area (Å²) in [6, 6.07) is 0. The first-order chi connectivity index (χ1) is 15.6. The summed E-state index contributed by atoms with van der Waals surface area (Å²) in [6.07, 6.45) is -18.9. The van der Waals surface area contributed by atoms with Gasteiger partial charge in [0, 0.05) is 0 Å². The van der Waals surface area contributed by atoms with Gasteiger partial charge in [0.05, 0.1) is 0 Å². The van der Waals surface area contributed by atoms with Gasteiger partial charge in [0.15, 0.2) is 0 Å². The van der Waals surface area contributed by atoms with Crippen LogP contribution in [0.15, 0.2) is 0 Å². The van der Waals surface area contributed by atoms with E-state index in [-0.39, 0.29) is 4.70 Å². The van der Waals surface area contributed by atoms with Gasteiger partial charge in [-0.2, -0.15) is 0 Å². The molecule has 0 heterocycles. The SMILES string of the molecule is F.O=P(O)(O)OC1C(OP(=O)(O)O)C(OP(=O)(O)O)C(OP(=O)(O)O)C(OP(=O)(O)O)C1OP(=O)(O)O. The molecule has 0 saturated heterocycles. The van der Waals surface area contributed by atoms with Crippen LogP contribution >= 0.6 is 46.9 Å². The zero-order valence-corrected chi connectivity index (χ0v) is 22.2. The average Bonchev–Trinajstić information content (AvgIpc) is 2.51. The molecule has 224 valence electrons. The molecular weight excluding hydrogens is 661 g/mol. The molecule has 37 heavy (non-hydrogen) atoms. The van der Waals surface area contributed by atoms with E-state index in [9.17, 15) is 27.4 Å². The number of rotatable bonds is 12.